The van der Waals surface area contributed by atoms with E-state index in [1.807, 2.05) is 37.3 Å². The number of nitrogens with one attached hydrogen (secondary N) is 1. The molecule has 0 bridgehead atoms. The van der Waals surface area contributed by atoms with Gasteiger partial charge in [0.15, 0.2) is 0 Å². The molecule has 0 aliphatic heterocycles. The van der Waals surface area contributed by atoms with E-state index in [4.69, 9.17) is 16.3 Å². The van der Waals surface area contributed by atoms with Crippen LogP contribution >= 0.6 is 11.6 Å². The van der Waals surface area contributed by atoms with Gasteiger partial charge in [0.25, 0.3) is 10.0 Å². The number of nitrogens with zero attached hydrogens (tertiary/aromatic N) is 2. The zero-order valence-electron chi connectivity index (χ0n) is 24.2. The molecule has 43 heavy (non-hydrogen) atoms. The van der Waals surface area contributed by atoms with Gasteiger partial charge >= 0.3 is 0 Å². The molecule has 4 aromatic rings. The zero-order valence-corrected chi connectivity index (χ0v) is 25.8. The predicted octanol–water partition coefficient (Wildman–Crippen LogP) is 5.24. The minimum Gasteiger partial charge on any atom is -0.495 e. The molecule has 0 radical (unpaired) electrons. The van der Waals surface area contributed by atoms with E-state index >= 15 is 0 Å². The van der Waals surface area contributed by atoms with Crippen molar-refractivity contribution in [1.29, 1.82) is 0 Å². The summed E-state index contributed by atoms with van der Waals surface area (Å²) in [7, 11) is -1.28. The summed E-state index contributed by atoms with van der Waals surface area (Å²) in [5, 5.41) is 3.20. The van der Waals surface area contributed by atoms with Gasteiger partial charge in [0.05, 0.1) is 17.7 Å². The smallest absolute Gasteiger partial charge is 0.264 e. The number of likely N-dealkylation sites (N-methyl/N-ethyl adjacent to an activating group) is 1. The first kappa shape index (κ1) is 31.6. The van der Waals surface area contributed by atoms with Crippen molar-refractivity contribution in [2.45, 2.75) is 30.8 Å². The number of methoxy groups -OCH3 is 1. The highest BCUT2D eigenvalue weighted by Gasteiger charge is 2.35. The molecule has 0 aromatic heterocycles. The van der Waals surface area contributed by atoms with Gasteiger partial charge in [-0.3, -0.25) is 13.9 Å². The summed E-state index contributed by atoms with van der Waals surface area (Å²) in [4.78, 5) is 29.2. The quantitative estimate of drug-likeness (QED) is 0.234. The van der Waals surface area contributed by atoms with Crippen LogP contribution in [-0.4, -0.2) is 51.9 Å². The first-order valence-corrected chi connectivity index (χ1v) is 15.5. The van der Waals surface area contributed by atoms with Crippen molar-refractivity contribution in [2.24, 2.45) is 0 Å². The molecule has 0 saturated heterocycles. The second-order valence-corrected chi connectivity index (χ2v) is 12.3. The molecule has 0 aliphatic rings. The van der Waals surface area contributed by atoms with Crippen LogP contribution < -0.4 is 14.4 Å². The Labute approximate surface area is 257 Å². The monoisotopic (exact) mass is 619 g/mol. The Balaban J connectivity index is 1.82. The standard InChI is InChI=1S/C33H34ClN3O5S/c1-24-14-19-31(42-3)29(20-24)37(43(40,41)28-12-8-5-9-13-28)23-32(38)36(22-26-15-17-27(34)18-16-26)30(33(39)35-2)21-25-10-6-4-7-11-25/h4-20,30H,21-23H2,1-3H3,(H,35,39)/t30-/m1/s1. The third-order valence-corrected chi connectivity index (χ3v) is 9.02. The van der Waals surface area contributed by atoms with Crippen molar-refractivity contribution in [3.8, 4) is 5.75 Å². The molecule has 8 nitrogen and oxygen atoms in total. The van der Waals surface area contributed by atoms with Gasteiger partial charge in [0.1, 0.15) is 18.3 Å². The minimum absolute atomic E-state index is 0.0164. The van der Waals surface area contributed by atoms with E-state index < -0.39 is 28.5 Å². The molecule has 1 N–H and O–H groups in total. The van der Waals surface area contributed by atoms with E-state index in [2.05, 4.69) is 5.32 Å². The summed E-state index contributed by atoms with van der Waals surface area (Å²) in [5.41, 5.74) is 2.57. The molecule has 0 saturated carbocycles. The van der Waals surface area contributed by atoms with E-state index in [9.17, 15) is 18.0 Å². The SMILES string of the molecule is CNC(=O)[C@@H](Cc1ccccc1)N(Cc1ccc(Cl)cc1)C(=O)CN(c1cc(C)ccc1OC)S(=O)(=O)c1ccccc1. The number of ether oxygens (including phenoxy) is 1. The number of sulfonamides is 1. The maximum atomic E-state index is 14.4. The number of anilines is 1. The van der Waals surface area contributed by atoms with E-state index in [1.54, 1.807) is 60.7 Å². The Morgan fingerprint density at radius 3 is 2.12 bits per heavy atom. The predicted molar refractivity (Wildman–Crippen MR) is 169 cm³/mol. The molecular weight excluding hydrogens is 586 g/mol. The van der Waals surface area contributed by atoms with Crippen molar-refractivity contribution in [1.82, 2.24) is 10.2 Å². The summed E-state index contributed by atoms with van der Waals surface area (Å²) in [6, 6.07) is 28.4. The largest absolute Gasteiger partial charge is 0.495 e. The van der Waals surface area contributed by atoms with Gasteiger partial charge in [-0.25, -0.2) is 8.42 Å². The fraction of sp³-hybridized carbons (Fsp3) is 0.212. The van der Waals surface area contributed by atoms with Gasteiger partial charge in [-0.2, -0.15) is 0 Å². The second-order valence-electron chi connectivity index (χ2n) is 9.97. The molecular formula is C33H34ClN3O5S. The number of carbonyl (C=O) groups is 2. The Bertz CT molecular complexity index is 1650. The lowest BCUT2D eigenvalue weighted by Gasteiger charge is -2.34. The second kappa shape index (κ2) is 14.2. The van der Waals surface area contributed by atoms with E-state index in [0.717, 1.165) is 21.0 Å². The van der Waals surface area contributed by atoms with Crippen LogP contribution in [0.15, 0.2) is 108 Å². The van der Waals surface area contributed by atoms with Crippen molar-refractivity contribution in [3.63, 3.8) is 0 Å². The molecule has 0 aliphatic carbocycles. The number of aryl methyl sites for hydroxylation is 1. The average molecular weight is 620 g/mol. The molecule has 4 aromatic carbocycles. The number of hydrogen-bond acceptors (Lipinski definition) is 5. The van der Waals surface area contributed by atoms with Crippen LogP contribution in [0.3, 0.4) is 0 Å². The lowest BCUT2D eigenvalue weighted by Crippen LogP contribution is -2.53. The Kier molecular flexibility index (Phi) is 10.4. The zero-order chi connectivity index (χ0) is 31.0. The van der Waals surface area contributed by atoms with E-state index in [1.165, 1.54) is 31.2 Å². The normalized spacial score (nSPS) is 11.8. The van der Waals surface area contributed by atoms with Crippen LogP contribution in [0.2, 0.25) is 5.02 Å². The van der Waals surface area contributed by atoms with Crippen LogP contribution in [-0.2, 0) is 32.6 Å². The number of amides is 2. The fourth-order valence-electron chi connectivity index (χ4n) is 4.74. The van der Waals surface area contributed by atoms with Gasteiger partial charge in [0, 0.05) is 25.0 Å². The highest BCUT2D eigenvalue weighted by molar-refractivity contribution is 7.92. The highest BCUT2D eigenvalue weighted by Crippen LogP contribution is 2.34. The van der Waals surface area contributed by atoms with Crippen LogP contribution in [0.4, 0.5) is 5.69 Å². The van der Waals surface area contributed by atoms with Crippen LogP contribution in [0.5, 0.6) is 5.75 Å². The highest BCUT2D eigenvalue weighted by atomic mass is 35.5. The first-order chi connectivity index (χ1) is 20.6. The van der Waals surface area contributed by atoms with Gasteiger partial charge in [-0.05, 0) is 60.0 Å². The lowest BCUT2D eigenvalue weighted by atomic mass is 10.0. The molecule has 4 rings (SSSR count). The molecule has 0 unspecified atom stereocenters. The Morgan fingerprint density at radius 1 is 0.884 bits per heavy atom. The third kappa shape index (κ3) is 7.74. The minimum atomic E-state index is -4.23. The summed E-state index contributed by atoms with van der Waals surface area (Å²) in [6.45, 7) is 1.30. The van der Waals surface area contributed by atoms with Gasteiger partial charge in [0.2, 0.25) is 11.8 Å². The summed E-state index contributed by atoms with van der Waals surface area (Å²) < 4.78 is 34.8. The molecule has 0 heterocycles. The summed E-state index contributed by atoms with van der Waals surface area (Å²) >= 11 is 6.11. The molecule has 0 spiro atoms. The van der Waals surface area contributed by atoms with Crippen LogP contribution in [0.25, 0.3) is 0 Å². The maximum Gasteiger partial charge on any atom is 0.264 e. The average Bonchev–Trinajstić information content (AvgIpc) is 3.02. The Morgan fingerprint density at radius 2 is 1.51 bits per heavy atom. The molecule has 2 amide bonds. The van der Waals surface area contributed by atoms with Crippen molar-refractivity contribution in [3.05, 3.63) is 125 Å². The van der Waals surface area contributed by atoms with Crippen molar-refractivity contribution in [2.75, 3.05) is 25.0 Å². The maximum absolute atomic E-state index is 14.4. The van der Waals surface area contributed by atoms with Crippen molar-refractivity contribution < 1.29 is 22.7 Å². The first-order valence-electron chi connectivity index (χ1n) is 13.7. The van der Waals surface area contributed by atoms with Gasteiger partial charge in [-0.15, -0.1) is 0 Å². The number of halogens is 1. The summed E-state index contributed by atoms with van der Waals surface area (Å²) in [5.74, 6) is -0.659. The number of carbonyl (C=O) groups excluding carboxylic acids is 2. The van der Waals surface area contributed by atoms with Crippen LogP contribution in [0, 0.1) is 6.92 Å². The molecule has 1 atom stereocenters. The topological polar surface area (TPSA) is 96.0 Å². The van der Waals surface area contributed by atoms with Crippen molar-refractivity contribution >= 4 is 39.1 Å². The molecule has 224 valence electrons. The van der Waals surface area contributed by atoms with Gasteiger partial charge < -0.3 is 15.0 Å². The number of benzene rings is 4. The number of rotatable bonds is 12. The fourth-order valence-corrected chi connectivity index (χ4v) is 6.30. The number of hydrogen-bond donors (Lipinski definition) is 1. The summed E-state index contributed by atoms with van der Waals surface area (Å²) in [6.07, 6.45) is 0.221. The van der Waals surface area contributed by atoms with Crippen LogP contribution in [0.1, 0.15) is 16.7 Å². The lowest BCUT2D eigenvalue weighted by molar-refractivity contribution is -0.139. The molecule has 0 fully saturated rings. The van der Waals surface area contributed by atoms with E-state index in [-0.39, 0.29) is 35.2 Å². The molecule has 10 heteroatoms. The third-order valence-electron chi connectivity index (χ3n) is 7.00. The Hall–Kier alpha value is -4.34. The van der Waals surface area contributed by atoms with Gasteiger partial charge in [-0.1, -0.05) is 78.3 Å². The van der Waals surface area contributed by atoms with E-state index in [0.29, 0.717) is 5.02 Å².